The minimum absolute atomic E-state index is 0.0913. The molecule has 2 aromatic rings. The van der Waals surface area contributed by atoms with E-state index in [0.29, 0.717) is 28.3 Å². The van der Waals surface area contributed by atoms with Crippen molar-refractivity contribution in [1.29, 1.82) is 0 Å². The van der Waals surface area contributed by atoms with Gasteiger partial charge in [0.05, 0.1) is 16.8 Å². The average molecular weight is 313 g/mol. The van der Waals surface area contributed by atoms with E-state index < -0.39 is 5.97 Å². The number of carbonyl (C=O) groups excluding carboxylic acids is 1. The number of aromatic nitrogens is 2. The molecule has 23 heavy (non-hydrogen) atoms. The first kappa shape index (κ1) is 16.6. The number of hydrogen-bond donors (Lipinski definition) is 2. The van der Waals surface area contributed by atoms with Gasteiger partial charge in [0.1, 0.15) is 5.82 Å². The molecule has 0 fully saturated rings. The first-order chi connectivity index (χ1) is 10.8. The lowest BCUT2D eigenvalue weighted by atomic mass is 10.0. The zero-order chi connectivity index (χ0) is 17.1. The molecule has 0 saturated heterocycles. The molecule has 0 radical (unpaired) electrons. The van der Waals surface area contributed by atoms with Gasteiger partial charge < -0.3 is 10.4 Å². The Balaban J connectivity index is 2.29. The third-order valence-corrected chi connectivity index (χ3v) is 3.44. The topological polar surface area (TPSA) is 92.2 Å². The number of carbonyl (C=O) groups is 2. The number of carboxylic acids is 1. The fraction of sp³-hybridized carbons (Fsp3) is 0.294. The Bertz CT molecular complexity index is 770. The minimum Gasteiger partial charge on any atom is -0.478 e. The second-order valence-electron chi connectivity index (χ2n) is 5.66. The molecule has 1 aromatic carbocycles. The standard InChI is InChI=1S/C17H19N3O3/c1-9(2)15-14(8-18-11(4)19-15)16(21)20-12-5-6-13(17(22)23)10(3)7-12/h5-9H,1-4H3,(H,20,21)(H,22,23). The summed E-state index contributed by atoms with van der Waals surface area (Å²) in [7, 11) is 0. The van der Waals surface area contributed by atoms with Crippen LogP contribution >= 0.6 is 0 Å². The molecule has 0 spiro atoms. The molecule has 1 heterocycles. The summed E-state index contributed by atoms with van der Waals surface area (Å²) in [5, 5.41) is 11.8. The monoisotopic (exact) mass is 313 g/mol. The number of amides is 1. The van der Waals surface area contributed by atoms with Crippen molar-refractivity contribution in [2.75, 3.05) is 5.32 Å². The lowest BCUT2D eigenvalue weighted by Gasteiger charge is -2.13. The van der Waals surface area contributed by atoms with Gasteiger partial charge >= 0.3 is 5.97 Å². The lowest BCUT2D eigenvalue weighted by molar-refractivity contribution is 0.0696. The quantitative estimate of drug-likeness (QED) is 0.904. The van der Waals surface area contributed by atoms with Gasteiger partial charge in [-0.15, -0.1) is 0 Å². The van der Waals surface area contributed by atoms with Crippen molar-refractivity contribution in [2.24, 2.45) is 0 Å². The Labute approximate surface area is 134 Å². The van der Waals surface area contributed by atoms with Gasteiger partial charge in [-0.25, -0.2) is 14.8 Å². The molecular weight excluding hydrogens is 294 g/mol. The average Bonchev–Trinajstić information content (AvgIpc) is 2.46. The molecule has 0 aliphatic rings. The molecule has 0 aliphatic heterocycles. The first-order valence-corrected chi connectivity index (χ1v) is 7.28. The molecule has 0 atom stereocenters. The maximum Gasteiger partial charge on any atom is 0.335 e. The van der Waals surface area contributed by atoms with Crippen LogP contribution in [0.25, 0.3) is 0 Å². The van der Waals surface area contributed by atoms with Gasteiger partial charge in [-0.3, -0.25) is 4.79 Å². The number of hydrogen-bond acceptors (Lipinski definition) is 4. The molecule has 6 nitrogen and oxygen atoms in total. The predicted octanol–water partition coefficient (Wildman–Crippen LogP) is 3.17. The van der Waals surface area contributed by atoms with E-state index >= 15 is 0 Å². The van der Waals surface area contributed by atoms with Crippen LogP contribution in [0.2, 0.25) is 0 Å². The van der Waals surface area contributed by atoms with E-state index in [1.807, 2.05) is 13.8 Å². The number of benzene rings is 1. The van der Waals surface area contributed by atoms with E-state index in [1.165, 1.54) is 12.3 Å². The highest BCUT2D eigenvalue weighted by molar-refractivity contribution is 6.05. The number of rotatable bonds is 4. The number of anilines is 1. The fourth-order valence-corrected chi connectivity index (χ4v) is 2.28. The van der Waals surface area contributed by atoms with Crippen molar-refractivity contribution >= 4 is 17.6 Å². The summed E-state index contributed by atoms with van der Waals surface area (Å²) in [5.41, 5.74) is 2.44. The Kier molecular flexibility index (Phi) is 4.74. The molecule has 0 unspecified atom stereocenters. The summed E-state index contributed by atoms with van der Waals surface area (Å²) in [5.74, 6) is -0.592. The van der Waals surface area contributed by atoms with E-state index in [0.717, 1.165) is 0 Å². The molecule has 1 aromatic heterocycles. The smallest absolute Gasteiger partial charge is 0.335 e. The molecule has 6 heteroatoms. The largest absolute Gasteiger partial charge is 0.478 e. The van der Waals surface area contributed by atoms with Crippen LogP contribution < -0.4 is 5.32 Å². The van der Waals surface area contributed by atoms with Crippen LogP contribution in [0.1, 0.15) is 57.6 Å². The Morgan fingerprint density at radius 1 is 1.17 bits per heavy atom. The van der Waals surface area contributed by atoms with Gasteiger partial charge in [-0.2, -0.15) is 0 Å². The highest BCUT2D eigenvalue weighted by Crippen LogP contribution is 2.20. The van der Waals surface area contributed by atoms with Gasteiger partial charge in [0.15, 0.2) is 0 Å². The summed E-state index contributed by atoms with van der Waals surface area (Å²) in [4.78, 5) is 31.9. The lowest BCUT2D eigenvalue weighted by Crippen LogP contribution is -2.17. The van der Waals surface area contributed by atoms with Gasteiger partial charge in [0, 0.05) is 11.9 Å². The highest BCUT2D eigenvalue weighted by Gasteiger charge is 2.17. The van der Waals surface area contributed by atoms with E-state index in [4.69, 9.17) is 5.11 Å². The summed E-state index contributed by atoms with van der Waals surface area (Å²) in [6, 6.07) is 4.67. The molecule has 2 rings (SSSR count). The molecule has 0 saturated carbocycles. The van der Waals surface area contributed by atoms with Crippen molar-refractivity contribution in [3.8, 4) is 0 Å². The summed E-state index contributed by atoms with van der Waals surface area (Å²) >= 11 is 0. The third kappa shape index (κ3) is 3.71. The van der Waals surface area contributed by atoms with Crippen molar-refractivity contribution in [3.63, 3.8) is 0 Å². The van der Waals surface area contributed by atoms with Crippen molar-refractivity contribution in [2.45, 2.75) is 33.6 Å². The van der Waals surface area contributed by atoms with Crippen LogP contribution in [-0.4, -0.2) is 27.0 Å². The molecular formula is C17H19N3O3. The number of nitrogens with one attached hydrogen (secondary N) is 1. The Morgan fingerprint density at radius 2 is 1.87 bits per heavy atom. The van der Waals surface area contributed by atoms with Gasteiger partial charge in [0.2, 0.25) is 0 Å². The number of aryl methyl sites for hydroxylation is 2. The summed E-state index contributed by atoms with van der Waals surface area (Å²) < 4.78 is 0. The van der Waals surface area contributed by atoms with Gasteiger partial charge in [0.25, 0.3) is 5.91 Å². The van der Waals surface area contributed by atoms with Crippen LogP contribution in [0.4, 0.5) is 5.69 Å². The van der Waals surface area contributed by atoms with Crippen LogP contribution in [0.5, 0.6) is 0 Å². The Hall–Kier alpha value is -2.76. The zero-order valence-electron chi connectivity index (χ0n) is 13.5. The molecule has 0 bridgehead atoms. The van der Waals surface area contributed by atoms with Crippen LogP contribution in [0.15, 0.2) is 24.4 Å². The SMILES string of the molecule is Cc1ncc(C(=O)Nc2ccc(C(=O)O)c(C)c2)c(C(C)C)n1. The second-order valence-corrected chi connectivity index (χ2v) is 5.66. The normalized spacial score (nSPS) is 10.7. The molecule has 120 valence electrons. The zero-order valence-corrected chi connectivity index (χ0v) is 13.5. The van der Waals surface area contributed by atoms with Crippen LogP contribution in [-0.2, 0) is 0 Å². The maximum absolute atomic E-state index is 12.5. The van der Waals surface area contributed by atoms with Gasteiger partial charge in [-0.05, 0) is 43.5 Å². The molecule has 1 amide bonds. The Morgan fingerprint density at radius 3 is 2.43 bits per heavy atom. The summed E-state index contributed by atoms with van der Waals surface area (Å²) in [6.45, 7) is 7.39. The van der Waals surface area contributed by atoms with E-state index in [-0.39, 0.29) is 17.4 Å². The third-order valence-electron chi connectivity index (χ3n) is 3.44. The first-order valence-electron chi connectivity index (χ1n) is 7.28. The molecule has 0 aliphatic carbocycles. The van der Waals surface area contributed by atoms with Gasteiger partial charge in [-0.1, -0.05) is 13.8 Å². The predicted molar refractivity (Wildman–Crippen MR) is 86.9 cm³/mol. The fourth-order valence-electron chi connectivity index (χ4n) is 2.28. The van der Waals surface area contributed by atoms with Crippen LogP contribution in [0, 0.1) is 13.8 Å². The number of aromatic carboxylic acids is 1. The number of carboxylic acid groups (broad SMARTS) is 1. The van der Waals surface area contributed by atoms with Crippen molar-refractivity contribution in [1.82, 2.24) is 9.97 Å². The van der Waals surface area contributed by atoms with Crippen molar-refractivity contribution in [3.05, 3.63) is 52.6 Å². The van der Waals surface area contributed by atoms with E-state index in [1.54, 1.807) is 26.0 Å². The maximum atomic E-state index is 12.5. The van der Waals surface area contributed by atoms with Crippen molar-refractivity contribution < 1.29 is 14.7 Å². The molecule has 2 N–H and O–H groups in total. The number of nitrogens with zero attached hydrogens (tertiary/aromatic N) is 2. The minimum atomic E-state index is -0.991. The van der Waals surface area contributed by atoms with E-state index in [2.05, 4.69) is 15.3 Å². The summed E-state index contributed by atoms with van der Waals surface area (Å²) in [6.07, 6.45) is 1.52. The van der Waals surface area contributed by atoms with E-state index in [9.17, 15) is 9.59 Å². The highest BCUT2D eigenvalue weighted by atomic mass is 16.4. The second kappa shape index (κ2) is 6.56. The van der Waals surface area contributed by atoms with Crippen LogP contribution in [0.3, 0.4) is 0 Å².